The van der Waals surface area contributed by atoms with Crippen molar-refractivity contribution in [1.82, 2.24) is 0 Å². The van der Waals surface area contributed by atoms with Gasteiger partial charge in [0.1, 0.15) is 0 Å². The Labute approximate surface area is 130 Å². The Balaban J connectivity index is 2.16. The third kappa shape index (κ3) is 3.12. The predicted molar refractivity (Wildman–Crippen MR) is 80.6 cm³/mol. The topological polar surface area (TPSA) is 0 Å². The average molecular weight is 421 g/mol. The molecule has 2 rings (SSSR count). The van der Waals surface area contributed by atoms with E-state index < -0.39 is 22.9 Å². The summed E-state index contributed by atoms with van der Waals surface area (Å²) in [6.07, 6.45) is 12.6. The molecule has 0 aromatic rings. The second-order valence-corrected chi connectivity index (χ2v) is 10.1. The van der Waals surface area contributed by atoms with Gasteiger partial charge in [0.05, 0.1) is 0 Å². The van der Waals surface area contributed by atoms with E-state index in [0.717, 1.165) is 0 Å². The van der Waals surface area contributed by atoms with Gasteiger partial charge in [0.2, 0.25) is 0 Å². The van der Waals surface area contributed by atoms with Crippen LogP contribution >= 0.6 is 0 Å². The molecule has 0 saturated carbocycles. The van der Waals surface area contributed by atoms with E-state index in [1.165, 1.54) is 38.5 Å². The SMILES string of the molecule is CCC1=C(CC)[C]([Hf][C]2=CCC(CC)=C2CC)=CC1. The van der Waals surface area contributed by atoms with E-state index >= 15 is 0 Å². The Bertz CT molecular complexity index is 428. The van der Waals surface area contributed by atoms with Gasteiger partial charge in [-0.15, -0.1) is 0 Å². The number of allylic oxidation sites excluding steroid dienone is 8. The van der Waals surface area contributed by atoms with Crippen molar-refractivity contribution < 1.29 is 22.9 Å². The van der Waals surface area contributed by atoms with Crippen molar-refractivity contribution in [3.63, 3.8) is 0 Å². The van der Waals surface area contributed by atoms with Crippen LogP contribution in [0.25, 0.3) is 0 Å². The monoisotopic (exact) mass is 422 g/mol. The molecule has 1 heteroatoms. The summed E-state index contributed by atoms with van der Waals surface area (Å²) in [7, 11) is 0. The molecule has 2 aliphatic rings. The van der Waals surface area contributed by atoms with E-state index in [1.54, 1.807) is 22.3 Å². The summed E-state index contributed by atoms with van der Waals surface area (Å²) in [5, 5.41) is 0. The fourth-order valence-electron chi connectivity index (χ4n) is 3.32. The molecule has 0 N–H and O–H groups in total. The van der Waals surface area contributed by atoms with E-state index in [0.29, 0.717) is 0 Å². The van der Waals surface area contributed by atoms with Crippen LogP contribution in [0.2, 0.25) is 0 Å². The molecule has 0 saturated heterocycles. The van der Waals surface area contributed by atoms with Gasteiger partial charge in [0.25, 0.3) is 0 Å². The van der Waals surface area contributed by atoms with Crippen molar-refractivity contribution >= 4 is 0 Å². The summed E-state index contributed by atoms with van der Waals surface area (Å²) in [5.74, 6) is 0. The second-order valence-electron chi connectivity index (χ2n) is 5.35. The zero-order valence-corrected chi connectivity index (χ0v) is 16.5. The van der Waals surface area contributed by atoms with Crippen LogP contribution in [-0.2, 0) is 22.9 Å². The summed E-state index contributed by atoms with van der Waals surface area (Å²) in [4.78, 5) is 0. The first-order chi connectivity index (χ1) is 9.24. The third-order valence-electron chi connectivity index (χ3n) is 4.44. The van der Waals surface area contributed by atoms with Gasteiger partial charge < -0.3 is 0 Å². The number of rotatable bonds is 6. The Hall–Kier alpha value is -0.170. The van der Waals surface area contributed by atoms with Gasteiger partial charge in [-0.2, -0.15) is 0 Å². The molecule has 0 atom stereocenters. The first kappa shape index (κ1) is 15.2. The molecule has 0 radical (unpaired) electrons. The van der Waals surface area contributed by atoms with Crippen molar-refractivity contribution in [3.8, 4) is 0 Å². The van der Waals surface area contributed by atoms with Crippen LogP contribution in [-0.4, -0.2) is 0 Å². The summed E-state index contributed by atoms with van der Waals surface area (Å²) in [6.45, 7) is 9.31. The van der Waals surface area contributed by atoms with E-state index in [9.17, 15) is 0 Å². The van der Waals surface area contributed by atoms with Crippen molar-refractivity contribution in [1.29, 1.82) is 0 Å². The summed E-state index contributed by atoms with van der Waals surface area (Å²) >= 11 is -0.792. The Kier molecular flexibility index (Phi) is 5.62. The molecule has 19 heavy (non-hydrogen) atoms. The normalized spacial score (nSPS) is 19.2. The molecule has 0 amide bonds. The minimum absolute atomic E-state index is 0.792. The van der Waals surface area contributed by atoms with Crippen molar-refractivity contribution in [2.75, 3.05) is 0 Å². The molecule has 0 fully saturated rings. The van der Waals surface area contributed by atoms with E-state index in [2.05, 4.69) is 39.8 Å². The maximum absolute atomic E-state index is 2.57. The van der Waals surface area contributed by atoms with Crippen LogP contribution in [0.4, 0.5) is 0 Å². The molecule has 0 aromatic heterocycles. The number of hydrogen-bond acceptors (Lipinski definition) is 0. The molecule has 0 bridgehead atoms. The summed E-state index contributed by atoms with van der Waals surface area (Å²) in [5.41, 5.74) is 6.93. The van der Waals surface area contributed by atoms with Crippen LogP contribution < -0.4 is 0 Å². The van der Waals surface area contributed by atoms with Crippen LogP contribution in [0, 0.1) is 0 Å². The molecule has 0 spiro atoms. The summed E-state index contributed by atoms with van der Waals surface area (Å²) < 4.78 is 3.63. The van der Waals surface area contributed by atoms with Crippen LogP contribution in [0.5, 0.6) is 0 Å². The Morgan fingerprint density at radius 1 is 0.737 bits per heavy atom. The molecule has 0 heterocycles. The van der Waals surface area contributed by atoms with Crippen molar-refractivity contribution in [3.05, 3.63) is 41.1 Å². The van der Waals surface area contributed by atoms with E-state index in [4.69, 9.17) is 0 Å². The number of hydrogen-bond donors (Lipinski definition) is 0. The first-order valence-corrected chi connectivity index (χ1v) is 11.4. The standard InChI is InChI=1S/2C9H13.Hf/c2*1-3-8-6-5-7-9(8)4-2;/h2*5H,3-4,6H2,1-2H3;. The fraction of sp³-hybridized carbons (Fsp3) is 0.556. The zero-order valence-electron chi connectivity index (χ0n) is 12.9. The van der Waals surface area contributed by atoms with Gasteiger partial charge in [-0.25, -0.2) is 0 Å². The summed E-state index contributed by atoms with van der Waals surface area (Å²) in [6, 6.07) is 0. The van der Waals surface area contributed by atoms with Gasteiger partial charge in [-0.3, -0.25) is 0 Å². The maximum atomic E-state index is 2.57. The predicted octanol–water partition coefficient (Wildman–Crippen LogP) is 5.88. The van der Waals surface area contributed by atoms with Gasteiger partial charge in [-0.05, 0) is 0 Å². The zero-order chi connectivity index (χ0) is 13.8. The van der Waals surface area contributed by atoms with Crippen LogP contribution in [0.3, 0.4) is 0 Å². The molecule has 0 nitrogen and oxygen atoms in total. The Morgan fingerprint density at radius 3 is 1.47 bits per heavy atom. The molecule has 0 aliphatic heterocycles. The van der Waals surface area contributed by atoms with E-state index in [1.807, 2.05) is 6.66 Å². The van der Waals surface area contributed by atoms with Gasteiger partial charge in [-0.1, -0.05) is 0 Å². The minimum atomic E-state index is -0.792. The van der Waals surface area contributed by atoms with Crippen molar-refractivity contribution in [2.45, 2.75) is 66.2 Å². The molecular weight excluding hydrogens is 395 g/mol. The Morgan fingerprint density at radius 2 is 1.16 bits per heavy atom. The quantitative estimate of drug-likeness (QED) is 0.471. The third-order valence-corrected chi connectivity index (χ3v) is 10.0. The van der Waals surface area contributed by atoms with E-state index in [-0.39, 0.29) is 0 Å². The van der Waals surface area contributed by atoms with Gasteiger partial charge in [0, 0.05) is 0 Å². The molecule has 0 unspecified atom stereocenters. The van der Waals surface area contributed by atoms with Gasteiger partial charge in [0.15, 0.2) is 0 Å². The van der Waals surface area contributed by atoms with Gasteiger partial charge >= 0.3 is 130 Å². The second kappa shape index (κ2) is 7.02. The molecule has 102 valence electrons. The van der Waals surface area contributed by atoms with Crippen LogP contribution in [0.1, 0.15) is 66.2 Å². The molecular formula is C18H26Hf. The van der Waals surface area contributed by atoms with Crippen LogP contribution in [0.15, 0.2) is 41.1 Å². The molecule has 2 aliphatic carbocycles. The molecule has 0 aromatic carbocycles. The first-order valence-electron chi connectivity index (χ1n) is 7.84. The van der Waals surface area contributed by atoms with Crippen molar-refractivity contribution in [2.24, 2.45) is 0 Å². The fourth-order valence-corrected chi connectivity index (χ4v) is 9.45. The average Bonchev–Trinajstić information content (AvgIpc) is 3.01.